The van der Waals surface area contributed by atoms with E-state index >= 15 is 0 Å². The van der Waals surface area contributed by atoms with E-state index in [0.717, 1.165) is 21.0 Å². The highest BCUT2D eigenvalue weighted by Crippen LogP contribution is 2.37. The van der Waals surface area contributed by atoms with Crippen LogP contribution < -0.4 is 23.8 Å². The van der Waals surface area contributed by atoms with E-state index in [1.54, 1.807) is 6.07 Å². The van der Waals surface area contributed by atoms with Gasteiger partial charge in [-0.1, -0.05) is 71.8 Å². The van der Waals surface area contributed by atoms with Crippen LogP contribution in [0.3, 0.4) is 0 Å². The molecule has 0 radical (unpaired) electrons. The number of aryl methyl sites for hydroxylation is 1. The molecule has 4 aromatic carbocycles. The molecule has 0 spiro atoms. The quantitative estimate of drug-likeness (QED) is 0.160. The van der Waals surface area contributed by atoms with Gasteiger partial charge in [-0.05, 0) is 62.2 Å². The van der Waals surface area contributed by atoms with E-state index in [1.165, 1.54) is 56.6 Å². The second kappa shape index (κ2) is 16.6. The van der Waals surface area contributed by atoms with Gasteiger partial charge in [0.25, 0.3) is 10.0 Å². The van der Waals surface area contributed by atoms with Crippen molar-refractivity contribution in [3.05, 3.63) is 113 Å². The minimum Gasteiger partial charge on any atom is -0.495 e. The van der Waals surface area contributed by atoms with Crippen molar-refractivity contribution in [1.29, 1.82) is 0 Å². The number of nitrogens with one attached hydrogen (secondary N) is 1. The van der Waals surface area contributed by atoms with Gasteiger partial charge < -0.3 is 24.4 Å². The average molecular weight is 708 g/mol. The van der Waals surface area contributed by atoms with Gasteiger partial charge in [-0.2, -0.15) is 0 Å². The molecule has 0 unspecified atom stereocenters. The maximum Gasteiger partial charge on any atom is 0.265 e. The number of sulfonamides is 1. The highest BCUT2D eigenvalue weighted by molar-refractivity contribution is 7.92. The van der Waals surface area contributed by atoms with Crippen molar-refractivity contribution in [2.75, 3.05) is 32.2 Å². The highest BCUT2D eigenvalue weighted by atomic mass is 35.5. The van der Waals surface area contributed by atoms with Crippen LogP contribution in [0.4, 0.5) is 5.69 Å². The van der Waals surface area contributed by atoms with E-state index in [4.69, 9.17) is 25.8 Å². The Labute approximate surface area is 293 Å². The van der Waals surface area contributed by atoms with Crippen LogP contribution in [0.1, 0.15) is 30.5 Å². The number of ether oxygens (including phenoxy) is 3. The number of hydrogen-bond acceptors (Lipinski definition) is 7. The molecule has 0 aliphatic rings. The second-order valence-corrected chi connectivity index (χ2v) is 14.0. The van der Waals surface area contributed by atoms with Crippen LogP contribution in [-0.2, 0) is 32.6 Å². The summed E-state index contributed by atoms with van der Waals surface area (Å²) in [7, 11) is -0.248. The third kappa shape index (κ3) is 9.24. The lowest BCUT2D eigenvalue weighted by Crippen LogP contribution is -2.54. The summed E-state index contributed by atoms with van der Waals surface area (Å²) >= 11 is 6.39. The molecule has 260 valence electrons. The Morgan fingerprint density at radius 3 is 2.08 bits per heavy atom. The normalized spacial score (nSPS) is 11.8. The van der Waals surface area contributed by atoms with Gasteiger partial charge in [0.15, 0.2) is 11.5 Å². The summed E-state index contributed by atoms with van der Waals surface area (Å²) in [6, 6.07) is 24.4. The lowest BCUT2D eigenvalue weighted by molar-refractivity contribution is -0.140. The molecule has 1 N–H and O–H groups in total. The van der Waals surface area contributed by atoms with Gasteiger partial charge in [0.2, 0.25) is 11.8 Å². The van der Waals surface area contributed by atoms with E-state index in [-0.39, 0.29) is 52.0 Å². The molecule has 1 atom stereocenters. The van der Waals surface area contributed by atoms with Gasteiger partial charge in [-0.25, -0.2) is 8.42 Å². The Morgan fingerprint density at radius 1 is 0.796 bits per heavy atom. The van der Waals surface area contributed by atoms with Crippen LogP contribution in [-0.4, -0.2) is 65.1 Å². The zero-order valence-corrected chi connectivity index (χ0v) is 30.0. The number of anilines is 1. The molecule has 2 amide bonds. The molecule has 0 aliphatic heterocycles. The van der Waals surface area contributed by atoms with Gasteiger partial charge in [0.05, 0.1) is 31.9 Å². The van der Waals surface area contributed by atoms with Crippen molar-refractivity contribution in [2.24, 2.45) is 0 Å². The van der Waals surface area contributed by atoms with Crippen LogP contribution in [0.25, 0.3) is 0 Å². The lowest BCUT2D eigenvalue weighted by Gasteiger charge is -2.34. The van der Waals surface area contributed by atoms with Crippen molar-refractivity contribution >= 4 is 39.1 Å². The zero-order chi connectivity index (χ0) is 35.7. The summed E-state index contributed by atoms with van der Waals surface area (Å²) in [5.74, 6) is -0.303. The fourth-order valence-corrected chi connectivity index (χ4v) is 7.02. The summed E-state index contributed by atoms with van der Waals surface area (Å²) in [6.45, 7) is 4.98. The number of nitrogens with zero attached hydrogens (tertiary/aromatic N) is 2. The molecule has 4 rings (SSSR count). The van der Waals surface area contributed by atoms with Crippen LogP contribution in [0.15, 0.2) is 95.9 Å². The molecule has 0 aliphatic carbocycles. The van der Waals surface area contributed by atoms with E-state index in [1.807, 2.05) is 75.4 Å². The number of halogens is 1. The van der Waals surface area contributed by atoms with Crippen molar-refractivity contribution in [1.82, 2.24) is 10.2 Å². The molecule has 0 heterocycles. The molecule has 0 bridgehead atoms. The third-order valence-corrected chi connectivity index (χ3v) is 9.76. The fourth-order valence-electron chi connectivity index (χ4n) is 5.42. The maximum absolute atomic E-state index is 14.7. The Bertz CT molecular complexity index is 1870. The second-order valence-electron chi connectivity index (χ2n) is 11.7. The minimum absolute atomic E-state index is 0.0416. The van der Waals surface area contributed by atoms with E-state index in [2.05, 4.69) is 5.32 Å². The van der Waals surface area contributed by atoms with Crippen molar-refractivity contribution in [3.8, 4) is 17.2 Å². The number of carbonyl (C=O) groups is 2. The number of rotatable bonds is 15. The summed E-state index contributed by atoms with van der Waals surface area (Å²) in [5.41, 5.74) is 2.62. The SMILES string of the molecule is COc1ccc(S(=O)(=O)N(CC(=O)N(Cc2cccc(C)c2)[C@@H](Cc2ccccc2)C(=O)NC(C)C)c2cc(Cl)ccc2OC)cc1OC. The van der Waals surface area contributed by atoms with Crippen LogP contribution in [0, 0.1) is 6.92 Å². The maximum atomic E-state index is 14.7. The first-order valence-corrected chi connectivity index (χ1v) is 17.5. The fraction of sp³-hybridized carbons (Fsp3) is 0.297. The molecule has 0 aromatic heterocycles. The summed E-state index contributed by atoms with van der Waals surface area (Å²) in [4.78, 5) is 29.9. The lowest BCUT2D eigenvalue weighted by atomic mass is 10.0. The Hall–Kier alpha value is -4.74. The molecule has 0 fully saturated rings. The Morgan fingerprint density at radius 2 is 1.45 bits per heavy atom. The largest absolute Gasteiger partial charge is 0.495 e. The van der Waals surface area contributed by atoms with Crippen LogP contribution in [0.2, 0.25) is 5.02 Å². The van der Waals surface area contributed by atoms with E-state index in [9.17, 15) is 18.0 Å². The summed E-state index contributed by atoms with van der Waals surface area (Å²) in [5, 5.41) is 3.19. The molecule has 10 nitrogen and oxygen atoms in total. The first-order chi connectivity index (χ1) is 23.4. The van der Waals surface area contributed by atoms with Gasteiger partial charge in [-0.15, -0.1) is 0 Å². The number of hydrogen-bond donors (Lipinski definition) is 1. The Balaban J connectivity index is 1.89. The van der Waals surface area contributed by atoms with Gasteiger partial charge in [0.1, 0.15) is 18.3 Å². The zero-order valence-electron chi connectivity index (χ0n) is 28.5. The van der Waals surface area contributed by atoms with Crippen LogP contribution >= 0.6 is 11.6 Å². The molecular formula is C37H42ClN3O7S. The number of carbonyl (C=O) groups excluding carboxylic acids is 2. The number of benzene rings is 4. The molecule has 0 saturated heterocycles. The molecule has 12 heteroatoms. The molecule has 49 heavy (non-hydrogen) atoms. The van der Waals surface area contributed by atoms with Gasteiger partial charge in [-0.3, -0.25) is 13.9 Å². The van der Waals surface area contributed by atoms with Crippen molar-refractivity contribution in [3.63, 3.8) is 0 Å². The number of methoxy groups -OCH3 is 3. The summed E-state index contributed by atoms with van der Waals surface area (Å²) in [6.07, 6.45) is 0.194. The predicted molar refractivity (Wildman–Crippen MR) is 191 cm³/mol. The Kier molecular flexibility index (Phi) is 12.5. The molecule has 0 saturated carbocycles. The molecular weight excluding hydrogens is 666 g/mol. The van der Waals surface area contributed by atoms with Crippen molar-refractivity contribution in [2.45, 2.75) is 50.7 Å². The predicted octanol–water partition coefficient (Wildman–Crippen LogP) is 6.03. The third-order valence-electron chi connectivity index (χ3n) is 7.77. The first kappa shape index (κ1) is 37.1. The minimum atomic E-state index is -4.48. The monoisotopic (exact) mass is 707 g/mol. The summed E-state index contributed by atoms with van der Waals surface area (Å²) < 4.78 is 46.3. The van der Waals surface area contributed by atoms with Crippen molar-refractivity contribution < 1.29 is 32.2 Å². The van der Waals surface area contributed by atoms with Gasteiger partial charge in [0, 0.05) is 30.1 Å². The van der Waals surface area contributed by atoms with Gasteiger partial charge >= 0.3 is 0 Å². The van der Waals surface area contributed by atoms with E-state index in [0.29, 0.717) is 5.75 Å². The van der Waals surface area contributed by atoms with E-state index < -0.39 is 28.5 Å². The average Bonchev–Trinajstić information content (AvgIpc) is 3.08. The van der Waals surface area contributed by atoms with Crippen LogP contribution in [0.5, 0.6) is 17.2 Å². The highest BCUT2D eigenvalue weighted by Gasteiger charge is 2.36. The molecule has 4 aromatic rings. The topological polar surface area (TPSA) is 114 Å². The first-order valence-electron chi connectivity index (χ1n) is 15.7. The number of amides is 2. The standard InChI is InChI=1S/C37H42ClN3O7S/c1-25(2)39-37(43)32(20-27-12-8-7-9-13-27)40(23-28-14-10-11-26(3)19-28)36(42)24-41(31-21-29(38)15-17-33(31)46-4)49(44,45)30-16-18-34(47-5)35(22-30)48-6/h7-19,21-22,25,32H,20,23-24H2,1-6H3,(H,39,43)/t32-/m0/s1. The smallest absolute Gasteiger partial charge is 0.265 e.